The number of amides is 2. The summed E-state index contributed by atoms with van der Waals surface area (Å²) >= 11 is 0. The molecule has 0 aromatic heterocycles. The van der Waals surface area contributed by atoms with E-state index in [1.54, 1.807) is 0 Å². The van der Waals surface area contributed by atoms with Crippen LogP contribution in [-0.4, -0.2) is 24.0 Å². The number of ether oxygens (including phenoxy) is 2. The molecule has 0 saturated carbocycles. The summed E-state index contributed by atoms with van der Waals surface area (Å²) in [6.07, 6.45) is 0.819. The Morgan fingerprint density at radius 3 is 2.55 bits per heavy atom. The third-order valence-electron chi connectivity index (χ3n) is 4.65. The highest BCUT2D eigenvalue weighted by Gasteiger charge is 2.32. The van der Waals surface area contributed by atoms with E-state index in [1.807, 2.05) is 70.2 Å². The van der Waals surface area contributed by atoms with E-state index in [4.69, 9.17) is 9.47 Å². The number of carbonyl (C=O) groups excluding carboxylic acids is 2. The van der Waals surface area contributed by atoms with Gasteiger partial charge in [0.1, 0.15) is 5.60 Å². The highest BCUT2D eigenvalue weighted by Crippen LogP contribution is 2.41. The zero-order valence-electron chi connectivity index (χ0n) is 17.4. The van der Waals surface area contributed by atoms with Gasteiger partial charge in [0.2, 0.25) is 5.91 Å². The number of carbonyl (C=O) groups is 2. The summed E-state index contributed by atoms with van der Waals surface area (Å²) in [5, 5.41) is 5.68. The first-order chi connectivity index (χ1) is 13.7. The molecule has 0 spiro atoms. The van der Waals surface area contributed by atoms with Gasteiger partial charge in [-0.15, -0.1) is 0 Å². The van der Waals surface area contributed by atoms with Crippen molar-refractivity contribution in [2.24, 2.45) is 5.92 Å². The zero-order chi connectivity index (χ0) is 21.0. The third kappa shape index (κ3) is 5.50. The molecule has 2 aromatic rings. The molecule has 0 unspecified atom stereocenters. The lowest BCUT2D eigenvalue weighted by Gasteiger charge is -2.18. The van der Waals surface area contributed by atoms with Crippen LogP contribution in [0.3, 0.4) is 0 Å². The first-order valence-corrected chi connectivity index (χ1v) is 9.84. The minimum atomic E-state index is -0.259. The standard InChI is InChI=1S/C23H28N2O4/c1-15(2)22(27)25-18-10-8-16(9-11-18)13-24-20(26)14-28-19-7-5-6-17-12-23(3,4)29-21(17)19/h5-11,15H,12-14H2,1-4H3,(H,24,26)(H,25,27). The Bertz CT molecular complexity index is 888. The van der Waals surface area contributed by atoms with E-state index in [0.717, 1.165) is 29.0 Å². The monoisotopic (exact) mass is 396 g/mol. The van der Waals surface area contributed by atoms with Crippen molar-refractivity contribution in [2.75, 3.05) is 11.9 Å². The van der Waals surface area contributed by atoms with E-state index >= 15 is 0 Å². The summed E-state index contributed by atoms with van der Waals surface area (Å²) in [6.45, 7) is 8.06. The predicted octanol–water partition coefficient (Wildman–Crippen LogP) is 3.69. The lowest BCUT2D eigenvalue weighted by Crippen LogP contribution is -2.28. The minimum absolute atomic E-state index is 0.0250. The Balaban J connectivity index is 1.48. The van der Waals surface area contributed by atoms with Crippen molar-refractivity contribution in [3.63, 3.8) is 0 Å². The molecular formula is C23H28N2O4. The maximum Gasteiger partial charge on any atom is 0.258 e. The van der Waals surface area contributed by atoms with E-state index in [9.17, 15) is 9.59 Å². The molecule has 6 nitrogen and oxygen atoms in total. The number of rotatable bonds is 7. The molecule has 2 N–H and O–H groups in total. The van der Waals surface area contributed by atoms with Crippen LogP contribution in [0.2, 0.25) is 0 Å². The SMILES string of the molecule is CC(C)C(=O)Nc1ccc(CNC(=O)COc2cccc3c2OC(C)(C)C3)cc1. The summed E-state index contributed by atoms with van der Waals surface area (Å²) in [5.41, 5.74) is 2.51. The van der Waals surface area contributed by atoms with Gasteiger partial charge in [-0.2, -0.15) is 0 Å². The molecule has 6 heteroatoms. The summed E-state index contributed by atoms with van der Waals surface area (Å²) < 4.78 is 11.6. The van der Waals surface area contributed by atoms with Crippen LogP contribution in [0, 0.1) is 5.92 Å². The number of fused-ring (bicyclic) bond motifs is 1. The van der Waals surface area contributed by atoms with Crippen LogP contribution in [0.1, 0.15) is 38.8 Å². The first-order valence-electron chi connectivity index (χ1n) is 9.84. The van der Waals surface area contributed by atoms with Crippen LogP contribution < -0.4 is 20.1 Å². The van der Waals surface area contributed by atoms with Crippen molar-refractivity contribution >= 4 is 17.5 Å². The Morgan fingerprint density at radius 2 is 1.86 bits per heavy atom. The maximum atomic E-state index is 12.2. The average molecular weight is 396 g/mol. The summed E-state index contributed by atoms with van der Waals surface area (Å²) in [5.74, 6) is 1.01. The molecule has 0 bridgehead atoms. The fraction of sp³-hybridized carbons (Fsp3) is 0.391. The normalized spacial score (nSPS) is 14.1. The van der Waals surface area contributed by atoms with Crippen molar-refractivity contribution in [2.45, 2.75) is 46.3 Å². The lowest BCUT2D eigenvalue weighted by molar-refractivity contribution is -0.123. The predicted molar refractivity (Wildman–Crippen MR) is 112 cm³/mol. The van der Waals surface area contributed by atoms with Gasteiger partial charge in [-0.05, 0) is 37.6 Å². The van der Waals surface area contributed by atoms with Crippen molar-refractivity contribution in [1.29, 1.82) is 0 Å². The molecule has 0 fully saturated rings. The molecule has 29 heavy (non-hydrogen) atoms. The minimum Gasteiger partial charge on any atom is -0.483 e. The second-order valence-corrected chi connectivity index (χ2v) is 8.19. The van der Waals surface area contributed by atoms with Gasteiger partial charge in [-0.3, -0.25) is 9.59 Å². The van der Waals surface area contributed by atoms with E-state index in [2.05, 4.69) is 10.6 Å². The van der Waals surface area contributed by atoms with Crippen molar-refractivity contribution in [3.05, 3.63) is 53.6 Å². The van der Waals surface area contributed by atoms with Crippen molar-refractivity contribution < 1.29 is 19.1 Å². The molecule has 0 aliphatic carbocycles. The Labute approximate surface area is 171 Å². The van der Waals surface area contributed by atoms with Crippen molar-refractivity contribution in [3.8, 4) is 11.5 Å². The van der Waals surface area contributed by atoms with Crippen LogP contribution in [0.15, 0.2) is 42.5 Å². The second kappa shape index (κ2) is 8.55. The van der Waals surface area contributed by atoms with E-state index in [-0.39, 0.29) is 29.9 Å². The van der Waals surface area contributed by atoms with E-state index in [1.165, 1.54) is 0 Å². The number of anilines is 1. The van der Waals surface area contributed by atoms with Crippen molar-refractivity contribution in [1.82, 2.24) is 5.32 Å². The molecule has 0 radical (unpaired) electrons. The molecule has 3 rings (SSSR count). The van der Waals surface area contributed by atoms with Crippen LogP contribution >= 0.6 is 0 Å². The number of hydrogen-bond acceptors (Lipinski definition) is 4. The Hall–Kier alpha value is -3.02. The molecule has 1 aliphatic heterocycles. The van der Waals surface area contributed by atoms with Gasteiger partial charge in [-0.1, -0.05) is 38.1 Å². The first kappa shape index (κ1) is 20.7. The largest absolute Gasteiger partial charge is 0.483 e. The van der Waals surface area contributed by atoms with Gasteiger partial charge in [0.05, 0.1) is 0 Å². The smallest absolute Gasteiger partial charge is 0.258 e. The number of benzene rings is 2. The van der Waals surface area contributed by atoms with Crippen LogP contribution in [0.4, 0.5) is 5.69 Å². The number of nitrogens with one attached hydrogen (secondary N) is 2. The molecule has 0 saturated heterocycles. The fourth-order valence-corrected chi connectivity index (χ4v) is 3.09. The molecule has 1 aliphatic rings. The highest BCUT2D eigenvalue weighted by atomic mass is 16.5. The number of para-hydroxylation sites is 1. The van der Waals surface area contributed by atoms with Crippen LogP contribution in [0.25, 0.3) is 0 Å². The second-order valence-electron chi connectivity index (χ2n) is 8.19. The molecule has 2 aromatic carbocycles. The fourth-order valence-electron chi connectivity index (χ4n) is 3.09. The maximum absolute atomic E-state index is 12.2. The van der Waals surface area contributed by atoms with Gasteiger partial charge in [0.15, 0.2) is 18.1 Å². The van der Waals surface area contributed by atoms with E-state index < -0.39 is 0 Å². The van der Waals surface area contributed by atoms with Gasteiger partial charge in [0, 0.05) is 30.1 Å². The van der Waals surface area contributed by atoms with Gasteiger partial charge >= 0.3 is 0 Å². The number of hydrogen-bond donors (Lipinski definition) is 2. The average Bonchev–Trinajstić information content (AvgIpc) is 3.00. The molecule has 154 valence electrons. The Kier molecular flexibility index (Phi) is 6.11. The van der Waals surface area contributed by atoms with Gasteiger partial charge in [-0.25, -0.2) is 0 Å². The lowest BCUT2D eigenvalue weighted by atomic mass is 10.0. The quantitative estimate of drug-likeness (QED) is 0.748. The molecule has 2 amide bonds. The zero-order valence-corrected chi connectivity index (χ0v) is 17.4. The molecule has 0 atom stereocenters. The molecule has 1 heterocycles. The molecular weight excluding hydrogens is 368 g/mol. The van der Waals surface area contributed by atoms with Crippen LogP contribution in [0.5, 0.6) is 11.5 Å². The topological polar surface area (TPSA) is 76.7 Å². The summed E-state index contributed by atoms with van der Waals surface area (Å²) in [7, 11) is 0. The third-order valence-corrected chi connectivity index (χ3v) is 4.65. The van der Waals surface area contributed by atoms with E-state index in [0.29, 0.717) is 12.3 Å². The highest BCUT2D eigenvalue weighted by molar-refractivity contribution is 5.92. The Morgan fingerprint density at radius 1 is 1.14 bits per heavy atom. The van der Waals surface area contributed by atoms with Gasteiger partial charge in [0.25, 0.3) is 5.91 Å². The summed E-state index contributed by atoms with van der Waals surface area (Å²) in [6, 6.07) is 13.1. The summed E-state index contributed by atoms with van der Waals surface area (Å²) in [4.78, 5) is 23.9. The van der Waals surface area contributed by atoms with Crippen LogP contribution in [-0.2, 0) is 22.6 Å². The van der Waals surface area contributed by atoms with Gasteiger partial charge < -0.3 is 20.1 Å².